The fourth-order valence-electron chi connectivity index (χ4n) is 2.79. The van der Waals surface area contributed by atoms with E-state index in [0.29, 0.717) is 0 Å². The second kappa shape index (κ2) is 5.49. The molecule has 0 bridgehead atoms. The number of aromatic nitrogens is 2. The van der Waals surface area contributed by atoms with Gasteiger partial charge in [0, 0.05) is 30.5 Å². The summed E-state index contributed by atoms with van der Waals surface area (Å²) in [5.41, 5.74) is 10.7. The molecule has 4 nitrogen and oxygen atoms in total. The van der Waals surface area contributed by atoms with E-state index in [2.05, 4.69) is 33.9 Å². The first-order valence-electron chi connectivity index (χ1n) is 7.20. The highest BCUT2D eigenvalue weighted by Gasteiger charge is 2.19. The van der Waals surface area contributed by atoms with Crippen LogP contribution in [-0.4, -0.2) is 16.5 Å². The SMILES string of the molecule is CCCc1cc(N2CCc3c(N)cccc3C2)ncn1. The Morgan fingerprint density at radius 1 is 1.30 bits per heavy atom. The molecule has 0 radical (unpaired) electrons. The zero-order chi connectivity index (χ0) is 13.9. The number of aryl methyl sites for hydroxylation is 1. The molecule has 0 unspecified atom stereocenters. The molecule has 1 aliphatic rings. The molecule has 1 aromatic carbocycles. The van der Waals surface area contributed by atoms with Gasteiger partial charge in [-0.3, -0.25) is 0 Å². The lowest BCUT2D eigenvalue weighted by Crippen LogP contribution is -2.31. The number of hydrogen-bond donors (Lipinski definition) is 1. The Morgan fingerprint density at radius 2 is 2.20 bits per heavy atom. The van der Waals surface area contributed by atoms with Gasteiger partial charge in [0.25, 0.3) is 0 Å². The van der Waals surface area contributed by atoms with Crippen molar-refractivity contribution in [3.63, 3.8) is 0 Å². The second-order valence-electron chi connectivity index (χ2n) is 5.27. The number of rotatable bonds is 3. The standard InChI is InChI=1S/C16H20N4/c1-2-4-13-9-16(19-11-18-13)20-8-7-14-12(10-20)5-3-6-15(14)17/h3,5-6,9,11H,2,4,7-8,10,17H2,1H3. The van der Waals surface area contributed by atoms with Gasteiger partial charge >= 0.3 is 0 Å². The first-order valence-corrected chi connectivity index (χ1v) is 7.20. The lowest BCUT2D eigenvalue weighted by Gasteiger charge is -2.30. The smallest absolute Gasteiger partial charge is 0.132 e. The second-order valence-corrected chi connectivity index (χ2v) is 5.27. The minimum absolute atomic E-state index is 0.878. The third kappa shape index (κ3) is 2.46. The van der Waals surface area contributed by atoms with Crippen LogP contribution >= 0.6 is 0 Å². The van der Waals surface area contributed by atoms with Crippen LogP contribution in [0.5, 0.6) is 0 Å². The minimum Gasteiger partial charge on any atom is -0.398 e. The molecule has 3 rings (SSSR count). The van der Waals surface area contributed by atoms with Crippen molar-refractivity contribution in [3.8, 4) is 0 Å². The van der Waals surface area contributed by atoms with Gasteiger partial charge in [-0.25, -0.2) is 9.97 Å². The van der Waals surface area contributed by atoms with Crippen molar-refractivity contribution in [2.45, 2.75) is 32.7 Å². The predicted octanol–water partition coefficient (Wildman–Crippen LogP) is 2.57. The van der Waals surface area contributed by atoms with Gasteiger partial charge in [-0.2, -0.15) is 0 Å². The van der Waals surface area contributed by atoms with E-state index in [1.165, 1.54) is 11.1 Å². The number of benzene rings is 1. The Balaban J connectivity index is 1.85. The Labute approximate surface area is 119 Å². The van der Waals surface area contributed by atoms with Crippen molar-refractivity contribution in [3.05, 3.63) is 47.4 Å². The molecule has 0 spiro atoms. The number of fused-ring (bicyclic) bond motifs is 1. The monoisotopic (exact) mass is 268 g/mol. The molecule has 2 heterocycles. The number of nitrogens with zero attached hydrogens (tertiary/aromatic N) is 3. The van der Waals surface area contributed by atoms with Crippen molar-refractivity contribution >= 4 is 11.5 Å². The lowest BCUT2D eigenvalue weighted by molar-refractivity contribution is 0.717. The summed E-state index contributed by atoms with van der Waals surface area (Å²) >= 11 is 0. The summed E-state index contributed by atoms with van der Waals surface area (Å²) in [5.74, 6) is 1.02. The van der Waals surface area contributed by atoms with E-state index in [0.717, 1.165) is 49.6 Å². The zero-order valence-corrected chi connectivity index (χ0v) is 11.8. The topological polar surface area (TPSA) is 55.0 Å². The Morgan fingerprint density at radius 3 is 3.05 bits per heavy atom. The normalized spacial score (nSPS) is 14.2. The fourth-order valence-corrected chi connectivity index (χ4v) is 2.79. The quantitative estimate of drug-likeness (QED) is 0.869. The Bertz CT molecular complexity index is 609. The van der Waals surface area contributed by atoms with Crippen molar-refractivity contribution in [2.75, 3.05) is 17.2 Å². The average molecular weight is 268 g/mol. The highest BCUT2D eigenvalue weighted by molar-refractivity contribution is 5.55. The fraction of sp³-hybridized carbons (Fsp3) is 0.375. The van der Waals surface area contributed by atoms with Crippen LogP contribution < -0.4 is 10.6 Å². The van der Waals surface area contributed by atoms with E-state index in [1.54, 1.807) is 6.33 Å². The molecule has 2 aromatic rings. The van der Waals surface area contributed by atoms with Gasteiger partial charge in [0.05, 0.1) is 0 Å². The molecule has 0 fully saturated rings. The molecule has 20 heavy (non-hydrogen) atoms. The van der Waals surface area contributed by atoms with Crippen LogP contribution in [0.4, 0.5) is 11.5 Å². The highest BCUT2D eigenvalue weighted by Crippen LogP contribution is 2.26. The number of anilines is 2. The van der Waals surface area contributed by atoms with Gasteiger partial charge in [0.1, 0.15) is 12.1 Å². The maximum atomic E-state index is 6.04. The maximum Gasteiger partial charge on any atom is 0.132 e. The number of nitrogen functional groups attached to an aromatic ring is 1. The van der Waals surface area contributed by atoms with Crippen LogP contribution in [-0.2, 0) is 19.4 Å². The van der Waals surface area contributed by atoms with Gasteiger partial charge in [-0.05, 0) is 30.0 Å². The molecule has 0 amide bonds. The molecule has 0 saturated carbocycles. The van der Waals surface area contributed by atoms with Crippen LogP contribution in [0.3, 0.4) is 0 Å². The summed E-state index contributed by atoms with van der Waals surface area (Å²) in [6.45, 7) is 4.01. The van der Waals surface area contributed by atoms with Crippen molar-refractivity contribution in [2.24, 2.45) is 0 Å². The summed E-state index contributed by atoms with van der Waals surface area (Å²) in [6.07, 6.45) is 4.77. The lowest BCUT2D eigenvalue weighted by atomic mass is 9.98. The third-order valence-electron chi connectivity index (χ3n) is 3.84. The van der Waals surface area contributed by atoms with Crippen molar-refractivity contribution < 1.29 is 0 Å². The molecule has 2 N–H and O–H groups in total. The van der Waals surface area contributed by atoms with E-state index in [1.807, 2.05) is 12.1 Å². The summed E-state index contributed by atoms with van der Waals surface area (Å²) < 4.78 is 0. The summed E-state index contributed by atoms with van der Waals surface area (Å²) in [6, 6.07) is 8.28. The number of hydrogen-bond acceptors (Lipinski definition) is 4. The van der Waals surface area contributed by atoms with E-state index in [9.17, 15) is 0 Å². The predicted molar refractivity (Wildman–Crippen MR) is 81.6 cm³/mol. The van der Waals surface area contributed by atoms with E-state index in [-0.39, 0.29) is 0 Å². The molecule has 4 heteroatoms. The Kier molecular flexibility index (Phi) is 3.54. The first-order chi connectivity index (χ1) is 9.78. The molecule has 0 aliphatic carbocycles. The van der Waals surface area contributed by atoms with Gasteiger partial charge in [0.15, 0.2) is 0 Å². The van der Waals surface area contributed by atoms with E-state index >= 15 is 0 Å². The first kappa shape index (κ1) is 12.9. The zero-order valence-electron chi connectivity index (χ0n) is 11.8. The minimum atomic E-state index is 0.878. The number of nitrogens with two attached hydrogens (primary N) is 1. The van der Waals surface area contributed by atoms with Gasteiger partial charge < -0.3 is 10.6 Å². The van der Waals surface area contributed by atoms with Crippen molar-refractivity contribution in [1.29, 1.82) is 0 Å². The summed E-state index contributed by atoms with van der Waals surface area (Å²) in [4.78, 5) is 11.1. The molecular weight excluding hydrogens is 248 g/mol. The van der Waals surface area contributed by atoms with Crippen molar-refractivity contribution in [1.82, 2.24) is 9.97 Å². The van der Waals surface area contributed by atoms with Crippen LogP contribution in [0.25, 0.3) is 0 Å². The van der Waals surface area contributed by atoms with Crippen LogP contribution in [0.2, 0.25) is 0 Å². The molecule has 0 atom stereocenters. The third-order valence-corrected chi connectivity index (χ3v) is 3.84. The summed E-state index contributed by atoms with van der Waals surface area (Å²) in [7, 11) is 0. The summed E-state index contributed by atoms with van der Waals surface area (Å²) in [5, 5.41) is 0. The maximum absolute atomic E-state index is 6.04. The molecular formula is C16H20N4. The van der Waals surface area contributed by atoms with Crippen LogP contribution in [0.1, 0.15) is 30.2 Å². The van der Waals surface area contributed by atoms with Gasteiger partial charge in [-0.15, -0.1) is 0 Å². The largest absolute Gasteiger partial charge is 0.398 e. The van der Waals surface area contributed by atoms with Gasteiger partial charge in [-0.1, -0.05) is 25.5 Å². The average Bonchev–Trinajstić information content (AvgIpc) is 2.48. The van der Waals surface area contributed by atoms with Crippen LogP contribution in [0.15, 0.2) is 30.6 Å². The highest BCUT2D eigenvalue weighted by atomic mass is 15.2. The molecule has 104 valence electrons. The Hall–Kier alpha value is -2.10. The van der Waals surface area contributed by atoms with E-state index in [4.69, 9.17) is 5.73 Å². The van der Waals surface area contributed by atoms with Crippen LogP contribution in [0, 0.1) is 0 Å². The van der Waals surface area contributed by atoms with Gasteiger partial charge in [0.2, 0.25) is 0 Å². The molecule has 1 aromatic heterocycles. The van der Waals surface area contributed by atoms with E-state index < -0.39 is 0 Å². The molecule has 1 aliphatic heterocycles. The molecule has 0 saturated heterocycles.